The smallest absolute Gasteiger partial charge is 0.0469 e. The van der Waals surface area contributed by atoms with Crippen molar-refractivity contribution in [3.8, 4) is 0 Å². The first-order valence-electron chi connectivity index (χ1n) is 5.80. The second-order valence-corrected chi connectivity index (χ2v) is 6.17. The molecule has 2 nitrogen and oxygen atoms in total. The van der Waals surface area contributed by atoms with Gasteiger partial charge in [-0.3, -0.25) is 0 Å². The van der Waals surface area contributed by atoms with Crippen LogP contribution in [-0.4, -0.2) is 19.3 Å². The summed E-state index contributed by atoms with van der Waals surface area (Å²) in [7, 11) is 0. The van der Waals surface area contributed by atoms with Gasteiger partial charge in [0.05, 0.1) is 0 Å². The van der Waals surface area contributed by atoms with Crippen molar-refractivity contribution in [1.82, 2.24) is 5.32 Å². The van der Waals surface area contributed by atoms with Crippen LogP contribution >= 0.6 is 27.3 Å². The second-order valence-electron chi connectivity index (χ2n) is 4.31. The van der Waals surface area contributed by atoms with Crippen molar-refractivity contribution in [2.75, 3.05) is 13.2 Å². The van der Waals surface area contributed by atoms with Gasteiger partial charge in [0.2, 0.25) is 0 Å². The van der Waals surface area contributed by atoms with Gasteiger partial charge in [-0.2, -0.15) is 0 Å². The SMILES string of the molecule is CC(NCc1sccc1Br)C1CCOCC1. The highest BCUT2D eigenvalue weighted by atomic mass is 79.9. The Kier molecular flexibility index (Phi) is 4.82. The van der Waals surface area contributed by atoms with E-state index < -0.39 is 0 Å². The Bertz CT molecular complexity index is 323. The quantitative estimate of drug-likeness (QED) is 0.920. The molecule has 1 aromatic heterocycles. The van der Waals surface area contributed by atoms with Gasteiger partial charge in [0.1, 0.15) is 0 Å². The Labute approximate surface area is 110 Å². The van der Waals surface area contributed by atoms with Gasteiger partial charge in [0, 0.05) is 35.2 Å². The minimum atomic E-state index is 0.581. The summed E-state index contributed by atoms with van der Waals surface area (Å²) in [6.07, 6.45) is 2.39. The largest absolute Gasteiger partial charge is 0.381 e. The molecule has 1 atom stereocenters. The highest BCUT2D eigenvalue weighted by molar-refractivity contribution is 9.10. The van der Waals surface area contributed by atoms with E-state index in [1.54, 1.807) is 11.3 Å². The van der Waals surface area contributed by atoms with Crippen LogP contribution in [0.2, 0.25) is 0 Å². The number of rotatable bonds is 4. The molecule has 0 radical (unpaired) electrons. The maximum Gasteiger partial charge on any atom is 0.0469 e. The van der Waals surface area contributed by atoms with Crippen LogP contribution in [0.4, 0.5) is 0 Å². The number of hydrogen-bond acceptors (Lipinski definition) is 3. The molecule has 0 spiro atoms. The third kappa shape index (κ3) is 3.29. The average Bonchev–Trinajstić information content (AvgIpc) is 2.73. The summed E-state index contributed by atoms with van der Waals surface area (Å²) in [5.74, 6) is 0.771. The van der Waals surface area contributed by atoms with E-state index in [4.69, 9.17) is 4.74 Å². The zero-order chi connectivity index (χ0) is 11.4. The fourth-order valence-electron chi connectivity index (χ4n) is 2.09. The van der Waals surface area contributed by atoms with Crippen LogP contribution < -0.4 is 5.32 Å². The van der Waals surface area contributed by atoms with E-state index in [-0.39, 0.29) is 0 Å². The fraction of sp³-hybridized carbons (Fsp3) is 0.667. The molecule has 1 saturated heterocycles. The number of nitrogens with one attached hydrogen (secondary N) is 1. The Hall–Kier alpha value is 0.1000. The Morgan fingerprint density at radius 3 is 2.94 bits per heavy atom. The zero-order valence-electron chi connectivity index (χ0n) is 9.54. The van der Waals surface area contributed by atoms with E-state index in [0.717, 1.165) is 25.7 Å². The molecule has 0 bridgehead atoms. The number of halogens is 1. The highest BCUT2D eigenvalue weighted by Gasteiger charge is 2.20. The summed E-state index contributed by atoms with van der Waals surface area (Å²) < 4.78 is 6.61. The molecule has 1 aromatic rings. The molecular weight excluding hydrogens is 286 g/mol. The number of thiophene rings is 1. The van der Waals surface area contributed by atoms with E-state index in [0.29, 0.717) is 6.04 Å². The molecule has 0 amide bonds. The third-order valence-corrected chi connectivity index (χ3v) is 5.18. The molecule has 2 heterocycles. The summed E-state index contributed by atoms with van der Waals surface area (Å²) in [6.45, 7) is 5.12. The van der Waals surface area contributed by atoms with Gasteiger partial charge in [-0.05, 0) is 53.1 Å². The van der Waals surface area contributed by atoms with Gasteiger partial charge in [-0.1, -0.05) is 0 Å². The molecule has 2 rings (SSSR count). The summed E-state index contributed by atoms with van der Waals surface area (Å²) in [6, 6.07) is 2.69. The summed E-state index contributed by atoms with van der Waals surface area (Å²) >= 11 is 5.37. The maximum atomic E-state index is 5.39. The maximum absolute atomic E-state index is 5.39. The van der Waals surface area contributed by atoms with Crippen LogP contribution in [0, 0.1) is 5.92 Å². The number of ether oxygens (including phenoxy) is 1. The van der Waals surface area contributed by atoms with E-state index >= 15 is 0 Å². The van der Waals surface area contributed by atoms with Crippen LogP contribution in [0.15, 0.2) is 15.9 Å². The molecule has 4 heteroatoms. The first-order valence-corrected chi connectivity index (χ1v) is 7.47. The van der Waals surface area contributed by atoms with Crippen molar-refractivity contribution in [2.24, 2.45) is 5.92 Å². The molecule has 1 N–H and O–H groups in total. The van der Waals surface area contributed by atoms with Crippen molar-refractivity contribution in [2.45, 2.75) is 32.4 Å². The average molecular weight is 304 g/mol. The molecule has 0 aliphatic carbocycles. The van der Waals surface area contributed by atoms with Crippen LogP contribution in [0.5, 0.6) is 0 Å². The minimum Gasteiger partial charge on any atom is -0.381 e. The summed E-state index contributed by atoms with van der Waals surface area (Å²) in [5, 5.41) is 5.75. The Balaban J connectivity index is 1.78. The van der Waals surface area contributed by atoms with Crippen LogP contribution in [0.25, 0.3) is 0 Å². The molecule has 0 aromatic carbocycles. The molecule has 1 unspecified atom stereocenters. The van der Waals surface area contributed by atoms with Gasteiger partial charge in [-0.25, -0.2) is 0 Å². The van der Waals surface area contributed by atoms with Crippen LogP contribution in [-0.2, 0) is 11.3 Å². The Morgan fingerprint density at radius 1 is 1.56 bits per heavy atom. The van der Waals surface area contributed by atoms with Gasteiger partial charge in [0.25, 0.3) is 0 Å². The Morgan fingerprint density at radius 2 is 2.31 bits per heavy atom. The first kappa shape index (κ1) is 12.6. The highest BCUT2D eigenvalue weighted by Crippen LogP contribution is 2.23. The molecule has 1 aliphatic rings. The first-order chi connectivity index (χ1) is 7.77. The molecule has 16 heavy (non-hydrogen) atoms. The van der Waals surface area contributed by atoms with Crippen molar-refractivity contribution in [1.29, 1.82) is 0 Å². The van der Waals surface area contributed by atoms with E-state index in [1.807, 2.05) is 0 Å². The van der Waals surface area contributed by atoms with Crippen molar-refractivity contribution in [3.05, 3.63) is 20.8 Å². The van der Waals surface area contributed by atoms with E-state index in [2.05, 4.69) is 39.6 Å². The minimum absolute atomic E-state index is 0.581. The van der Waals surface area contributed by atoms with E-state index in [9.17, 15) is 0 Å². The molecule has 90 valence electrons. The van der Waals surface area contributed by atoms with Crippen LogP contribution in [0.3, 0.4) is 0 Å². The molecule has 1 fully saturated rings. The second kappa shape index (κ2) is 6.15. The van der Waals surface area contributed by atoms with Gasteiger partial charge in [0.15, 0.2) is 0 Å². The predicted molar refractivity (Wildman–Crippen MR) is 71.9 cm³/mol. The topological polar surface area (TPSA) is 21.3 Å². The molecule has 1 aliphatic heterocycles. The molecule has 0 saturated carbocycles. The van der Waals surface area contributed by atoms with Crippen molar-refractivity contribution < 1.29 is 4.74 Å². The lowest BCUT2D eigenvalue weighted by atomic mass is 9.93. The lowest BCUT2D eigenvalue weighted by molar-refractivity contribution is 0.0558. The van der Waals surface area contributed by atoms with E-state index in [1.165, 1.54) is 22.2 Å². The predicted octanol–water partition coefficient (Wildman–Crippen LogP) is 3.42. The van der Waals surface area contributed by atoms with Crippen LogP contribution in [0.1, 0.15) is 24.6 Å². The van der Waals surface area contributed by atoms with Gasteiger partial charge < -0.3 is 10.1 Å². The van der Waals surface area contributed by atoms with Gasteiger partial charge >= 0.3 is 0 Å². The monoisotopic (exact) mass is 303 g/mol. The summed E-state index contributed by atoms with van der Waals surface area (Å²) in [4.78, 5) is 1.39. The van der Waals surface area contributed by atoms with Gasteiger partial charge in [-0.15, -0.1) is 11.3 Å². The normalized spacial score (nSPS) is 19.9. The fourth-order valence-corrected chi connectivity index (χ4v) is 3.53. The lowest BCUT2D eigenvalue weighted by Gasteiger charge is -2.28. The van der Waals surface area contributed by atoms with Crippen molar-refractivity contribution >= 4 is 27.3 Å². The lowest BCUT2D eigenvalue weighted by Crippen LogP contribution is -2.36. The van der Waals surface area contributed by atoms with Crippen molar-refractivity contribution in [3.63, 3.8) is 0 Å². The molecular formula is C12H18BrNOS. The summed E-state index contributed by atoms with van der Waals surface area (Å²) in [5.41, 5.74) is 0. The third-order valence-electron chi connectivity index (χ3n) is 3.25. The zero-order valence-corrected chi connectivity index (χ0v) is 11.9. The standard InChI is InChI=1S/C12H18BrNOS/c1-9(10-2-5-15-6-3-10)14-8-12-11(13)4-7-16-12/h4,7,9-10,14H,2-3,5-6,8H2,1H3. The number of hydrogen-bond donors (Lipinski definition) is 1.